The fourth-order valence-corrected chi connectivity index (χ4v) is 3.93. The number of benzene rings is 1. The number of aromatic nitrogens is 4. The Bertz CT molecular complexity index is 1100. The summed E-state index contributed by atoms with van der Waals surface area (Å²) in [5, 5.41) is 15.6. The zero-order valence-corrected chi connectivity index (χ0v) is 19.3. The highest BCUT2D eigenvalue weighted by Gasteiger charge is 2.11. The molecule has 3 heterocycles. The lowest BCUT2D eigenvalue weighted by Crippen LogP contribution is -2.44. The van der Waals surface area contributed by atoms with Crippen LogP contribution in [0, 0.1) is 0 Å². The molecule has 0 unspecified atom stereocenters. The summed E-state index contributed by atoms with van der Waals surface area (Å²) in [4.78, 5) is 32.8. The van der Waals surface area contributed by atoms with Crippen molar-refractivity contribution in [1.29, 1.82) is 0 Å². The SMILES string of the molecule is CN(CC(=O)O)Cc1cccc(Nc2ncnc(-c3ccnc(CCN4CCNCC4)c3)n2)c1. The second-order valence-electron chi connectivity index (χ2n) is 8.40. The van der Waals surface area contributed by atoms with E-state index in [4.69, 9.17) is 5.11 Å². The average molecular weight is 463 g/mol. The molecule has 0 bridgehead atoms. The number of carboxylic acids is 1. The minimum atomic E-state index is -0.849. The molecule has 1 aliphatic heterocycles. The fraction of sp³-hybridized carbons (Fsp3) is 0.375. The smallest absolute Gasteiger partial charge is 0.317 e. The topological polar surface area (TPSA) is 119 Å². The van der Waals surface area contributed by atoms with Crippen molar-refractivity contribution in [3.63, 3.8) is 0 Å². The van der Waals surface area contributed by atoms with Crippen molar-refractivity contribution in [2.24, 2.45) is 0 Å². The second kappa shape index (κ2) is 11.6. The molecular formula is C24H30N8O2. The molecule has 178 valence electrons. The van der Waals surface area contributed by atoms with Gasteiger partial charge in [-0.25, -0.2) is 9.97 Å². The Balaban J connectivity index is 1.41. The van der Waals surface area contributed by atoms with Crippen molar-refractivity contribution in [2.75, 3.05) is 51.6 Å². The number of likely N-dealkylation sites (N-methyl/N-ethyl adjacent to an activating group) is 1. The van der Waals surface area contributed by atoms with Crippen LogP contribution in [0.25, 0.3) is 11.4 Å². The minimum Gasteiger partial charge on any atom is -0.480 e. The van der Waals surface area contributed by atoms with Gasteiger partial charge in [-0.3, -0.25) is 14.7 Å². The van der Waals surface area contributed by atoms with Crippen LogP contribution in [0.5, 0.6) is 0 Å². The number of hydrogen-bond acceptors (Lipinski definition) is 9. The van der Waals surface area contributed by atoms with Crippen LogP contribution < -0.4 is 10.6 Å². The van der Waals surface area contributed by atoms with E-state index in [1.54, 1.807) is 18.1 Å². The number of pyridine rings is 1. The van der Waals surface area contributed by atoms with Crippen molar-refractivity contribution in [1.82, 2.24) is 35.1 Å². The minimum absolute atomic E-state index is 0.0162. The molecule has 2 aromatic heterocycles. The third-order valence-electron chi connectivity index (χ3n) is 5.58. The molecular weight excluding hydrogens is 432 g/mol. The summed E-state index contributed by atoms with van der Waals surface area (Å²) in [5.74, 6) is 0.179. The van der Waals surface area contributed by atoms with E-state index < -0.39 is 5.97 Å². The van der Waals surface area contributed by atoms with Crippen LogP contribution in [0.3, 0.4) is 0 Å². The van der Waals surface area contributed by atoms with Crippen molar-refractivity contribution in [3.8, 4) is 11.4 Å². The van der Waals surface area contributed by atoms with Crippen LogP contribution in [-0.2, 0) is 17.8 Å². The Morgan fingerprint density at radius 2 is 2.03 bits per heavy atom. The summed E-state index contributed by atoms with van der Waals surface area (Å²) in [5.41, 5.74) is 3.74. The van der Waals surface area contributed by atoms with E-state index in [1.807, 2.05) is 36.4 Å². The van der Waals surface area contributed by atoms with Gasteiger partial charge in [-0.2, -0.15) is 4.98 Å². The van der Waals surface area contributed by atoms with Crippen LogP contribution in [0.2, 0.25) is 0 Å². The predicted molar refractivity (Wildman–Crippen MR) is 130 cm³/mol. The number of hydrogen-bond donors (Lipinski definition) is 3. The van der Waals surface area contributed by atoms with Crippen LogP contribution in [0.15, 0.2) is 48.9 Å². The van der Waals surface area contributed by atoms with Gasteiger partial charge in [0.1, 0.15) is 6.33 Å². The second-order valence-corrected chi connectivity index (χ2v) is 8.40. The van der Waals surface area contributed by atoms with Crippen molar-refractivity contribution in [2.45, 2.75) is 13.0 Å². The number of anilines is 2. The molecule has 0 atom stereocenters. The highest BCUT2D eigenvalue weighted by Crippen LogP contribution is 2.19. The largest absolute Gasteiger partial charge is 0.480 e. The van der Waals surface area contributed by atoms with Gasteiger partial charge in [-0.05, 0) is 36.9 Å². The summed E-state index contributed by atoms with van der Waals surface area (Å²) < 4.78 is 0. The molecule has 10 nitrogen and oxygen atoms in total. The summed E-state index contributed by atoms with van der Waals surface area (Å²) in [6, 6.07) is 11.7. The first kappa shape index (κ1) is 23.7. The highest BCUT2D eigenvalue weighted by molar-refractivity contribution is 5.69. The Morgan fingerprint density at radius 1 is 1.18 bits per heavy atom. The highest BCUT2D eigenvalue weighted by atomic mass is 16.4. The van der Waals surface area contributed by atoms with Gasteiger partial charge in [-0.1, -0.05) is 12.1 Å². The normalized spacial score (nSPS) is 14.3. The molecule has 3 aromatic rings. The molecule has 4 rings (SSSR count). The van der Waals surface area contributed by atoms with Crippen molar-refractivity contribution >= 4 is 17.6 Å². The molecule has 0 radical (unpaired) electrons. The van der Waals surface area contributed by atoms with E-state index in [-0.39, 0.29) is 6.54 Å². The van der Waals surface area contributed by atoms with Gasteiger partial charge in [0, 0.05) is 68.8 Å². The van der Waals surface area contributed by atoms with Gasteiger partial charge >= 0.3 is 5.97 Å². The van der Waals surface area contributed by atoms with E-state index in [0.717, 1.165) is 61.7 Å². The molecule has 1 aromatic carbocycles. The Hall–Kier alpha value is -3.47. The Kier molecular flexibility index (Phi) is 8.08. The molecule has 0 aliphatic carbocycles. The first-order valence-electron chi connectivity index (χ1n) is 11.4. The summed E-state index contributed by atoms with van der Waals surface area (Å²) in [7, 11) is 1.78. The monoisotopic (exact) mass is 462 g/mol. The number of aliphatic carboxylic acids is 1. The zero-order valence-electron chi connectivity index (χ0n) is 19.3. The molecule has 1 aliphatic rings. The van der Waals surface area contributed by atoms with E-state index in [0.29, 0.717) is 18.3 Å². The van der Waals surface area contributed by atoms with Crippen LogP contribution >= 0.6 is 0 Å². The zero-order chi connectivity index (χ0) is 23.8. The standard InChI is InChI=1S/C24H30N8O2/c1-31(16-22(33)34)15-18-3-2-4-21(13-18)29-24-28-17-27-23(30-24)19-5-7-26-20(14-19)6-10-32-11-8-25-9-12-32/h2-5,7,13-14,17,25H,6,8-12,15-16H2,1H3,(H,33,34)(H,27,28,29,30). The average Bonchev–Trinajstić information content (AvgIpc) is 2.83. The molecule has 34 heavy (non-hydrogen) atoms. The van der Waals surface area contributed by atoms with Crippen LogP contribution in [-0.4, -0.2) is 87.1 Å². The number of piperazine rings is 1. The Morgan fingerprint density at radius 3 is 2.85 bits per heavy atom. The molecule has 1 fully saturated rings. The molecule has 1 saturated heterocycles. The maximum absolute atomic E-state index is 10.9. The molecule has 0 spiro atoms. The summed E-state index contributed by atoms with van der Waals surface area (Å²) in [6.07, 6.45) is 4.18. The predicted octanol–water partition coefficient (Wildman–Crippen LogP) is 1.64. The first-order valence-corrected chi connectivity index (χ1v) is 11.4. The van der Waals surface area contributed by atoms with Gasteiger partial charge in [0.15, 0.2) is 5.82 Å². The maximum atomic E-state index is 10.9. The third-order valence-corrected chi connectivity index (χ3v) is 5.58. The van der Waals surface area contributed by atoms with Gasteiger partial charge in [-0.15, -0.1) is 0 Å². The molecule has 10 heteroatoms. The van der Waals surface area contributed by atoms with E-state index >= 15 is 0 Å². The number of carboxylic acid groups (broad SMARTS) is 1. The van der Waals surface area contributed by atoms with Gasteiger partial charge in [0.05, 0.1) is 6.54 Å². The maximum Gasteiger partial charge on any atom is 0.317 e. The van der Waals surface area contributed by atoms with E-state index in [9.17, 15) is 4.79 Å². The number of carbonyl (C=O) groups is 1. The third kappa shape index (κ3) is 7.01. The lowest BCUT2D eigenvalue weighted by atomic mass is 10.1. The lowest BCUT2D eigenvalue weighted by Gasteiger charge is -2.26. The summed E-state index contributed by atoms with van der Waals surface area (Å²) >= 11 is 0. The van der Waals surface area contributed by atoms with E-state index in [2.05, 4.69) is 35.5 Å². The fourth-order valence-electron chi connectivity index (χ4n) is 3.93. The van der Waals surface area contributed by atoms with E-state index in [1.165, 1.54) is 6.33 Å². The van der Waals surface area contributed by atoms with Gasteiger partial charge in [0.2, 0.25) is 5.95 Å². The quantitative estimate of drug-likeness (QED) is 0.410. The van der Waals surface area contributed by atoms with Gasteiger partial charge in [0.25, 0.3) is 0 Å². The molecule has 0 saturated carbocycles. The van der Waals surface area contributed by atoms with Crippen LogP contribution in [0.4, 0.5) is 11.6 Å². The first-order chi connectivity index (χ1) is 16.5. The lowest BCUT2D eigenvalue weighted by molar-refractivity contribution is -0.138. The Labute approximate surface area is 199 Å². The van der Waals surface area contributed by atoms with Gasteiger partial charge < -0.3 is 20.6 Å². The van der Waals surface area contributed by atoms with Crippen molar-refractivity contribution in [3.05, 3.63) is 60.2 Å². The number of nitrogens with one attached hydrogen (secondary N) is 2. The molecule has 3 N–H and O–H groups in total. The van der Waals surface area contributed by atoms with Crippen molar-refractivity contribution < 1.29 is 9.90 Å². The molecule has 0 amide bonds. The number of rotatable bonds is 10. The number of nitrogens with zero attached hydrogens (tertiary/aromatic N) is 6. The van der Waals surface area contributed by atoms with Crippen LogP contribution in [0.1, 0.15) is 11.3 Å². The summed E-state index contributed by atoms with van der Waals surface area (Å²) in [6.45, 7) is 5.71.